The number of pyridine rings is 1. The maximum atomic E-state index is 14.3. The van der Waals surface area contributed by atoms with Crippen LogP contribution in [0.3, 0.4) is 0 Å². The van der Waals surface area contributed by atoms with E-state index < -0.39 is 11.8 Å². The van der Waals surface area contributed by atoms with Crippen molar-refractivity contribution in [1.29, 1.82) is 0 Å². The van der Waals surface area contributed by atoms with E-state index >= 15 is 0 Å². The number of carboxylic acid groups (broad SMARTS) is 1. The van der Waals surface area contributed by atoms with E-state index in [9.17, 15) is 9.18 Å². The minimum absolute atomic E-state index is 0.0793. The highest BCUT2D eigenvalue weighted by molar-refractivity contribution is 5.88. The van der Waals surface area contributed by atoms with Crippen LogP contribution in [0, 0.1) is 5.82 Å². The van der Waals surface area contributed by atoms with Crippen molar-refractivity contribution in [2.75, 3.05) is 25.2 Å². The SMILES string of the molecule is CCC(CC)N(CCOC)c1nccc(C(=O)O)c1F. The van der Waals surface area contributed by atoms with Gasteiger partial charge in [0.2, 0.25) is 0 Å². The molecule has 0 bridgehead atoms. The summed E-state index contributed by atoms with van der Waals surface area (Å²) < 4.78 is 19.4. The number of carbonyl (C=O) groups is 1. The molecule has 1 aromatic rings. The molecule has 1 heterocycles. The number of rotatable bonds is 8. The van der Waals surface area contributed by atoms with Gasteiger partial charge in [-0.25, -0.2) is 14.2 Å². The number of carboxylic acids is 1. The van der Waals surface area contributed by atoms with Crippen LogP contribution in [0.5, 0.6) is 0 Å². The summed E-state index contributed by atoms with van der Waals surface area (Å²) in [7, 11) is 1.57. The molecule has 0 aliphatic rings. The topological polar surface area (TPSA) is 62.7 Å². The van der Waals surface area contributed by atoms with Crippen LogP contribution in [0.15, 0.2) is 12.3 Å². The first kappa shape index (κ1) is 16.4. The van der Waals surface area contributed by atoms with Crippen molar-refractivity contribution < 1.29 is 19.0 Å². The van der Waals surface area contributed by atoms with Crippen LogP contribution in [0.25, 0.3) is 0 Å². The van der Waals surface area contributed by atoms with Crippen molar-refractivity contribution in [2.45, 2.75) is 32.7 Å². The van der Waals surface area contributed by atoms with E-state index in [1.165, 1.54) is 12.3 Å². The third-order valence-corrected chi connectivity index (χ3v) is 3.29. The molecule has 0 aromatic carbocycles. The van der Waals surface area contributed by atoms with Gasteiger partial charge >= 0.3 is 5.97 Å². The van der Waals surface area contributed by atoms with Crippen LogP contribution < -0.4 is 4.90 Å². The number of aromatic nitrogens is 1. The van der Waals surface area contributed by atoms with E-state index in [1.54, 1.807) is 12.0 Å². The first-order valence-corrected chi connectivity index (χ1v) is 6.70. The molecule has 0 fully saturated rings. The summed E-state index contributed by atoms with van der Waals surface area (Å²) in [5.74, 6) is -2.00. The van der Waals surface area contributed by atoms with E-state index in [-0.39, 0.29) is 17.4 Å². The summed E-state index contributed by atoms with van der Waals surface area (Å²) in [6, 6.07) is 1.26. The quantitative estimate of drug-likeness (QED) is 0.795. The van der Waals surface area contributed by atoms with Crippen molar-refractivity contribution in [3.05, 3.63) is 23.6 Å². The Morgan fingerprint density at radius 2 is 2.15 bits per heavy atom. The molecule has 1 N–H and O–H groups in total. The van der Waals surface area contributed by atoms with Crippen LogP contribution in [-0.4, -0.2) is 42.4 Å². The molecule has 0 unspecified atom stereocenters. The second-order valence-electron chi connectivity index (χ2n) is 4.46. The van der Waals surface area contributed by atoms with Gasteiger partial charge in [-0.2, -0.15) is 0 Å². The van der Waals surface area contributed by atoms with Gasteiger partial charge in [0.25, 0.3) is 0 Å². The smallest absolute Gasteiger partial charge is 0.338 e. The first-order chi connectivity index (χ1) is 9.56. The lowest BCUT2D eigenvalue weighted by molar-refractivity contribution is 0.0691. The van der Waals surface area contributed by atoms with E-state index in [2.05, 4.69) is 4.98 Å². The van der Waals surface area contributed by atoms with Gasteiger partial charge in [0, 0.05) is 25.9 Å². The normalized spacial score (nSPS) is 10.8. The third kappa shape index (κ3) is 3.66. The highest BCUT2D eigenvalue weighted by atomic mass is 19.1. The second-order valence-corrected chi connectivity index (χ2v) is 4.46. The van der Waals surface area contributed by atoms with Crippen molar-refractivity contribution >= 4 is 11.8 Å². The molecule has 20 heavy (non-hydrogen) atoms. The van der Waals surface area contributed by atoms with E-state index in [0.29, 0.717) is 13.2 Å². The molecule has 0 saturated heterocycles. The summed E-state index contributed by atoms with van der Waals surface area (Å²) in [5, 5.41) is 8.99. The van der Waals surface area contributed by atoms with Gasteiger partial charge in [-0.15, -0.1) is 0 Å². The molecule has 0 aliphatic carbocycles. The fourth-order valence-corrected chi connectivity index (χ4v) is 2.18. The van der Waals surface area contributed by atoms with Gasteiger partial charge in [-0.3, -0.25) is 0 Å². The van der Waals surface area contributed by atoms with Crippen molar-refractivity contribution in [3.8, 4) is 0 Å². The molecule has 1 aromatic heterocycles. The molecule has 0 radical (unpaired) electrons. The number of hydrogen-bond acceptors (Lipinski definition) is 4. The maximum absolute atomic E-state index is 14.3. The van der Waals surface area contributed by atoms with Crippen molar-refractivity contribution in [1.82, 2.24) is 4.98 Å². The maximum Gasteiger partial charge on any atom is 0.338 e. The molecule has 112 valence electrons. The van der Waals surface area contributed by atoms with Gasteiger partial charge in [0.05, 0.1) is 6.61 Å². The predicted octanol–water partition coefficient (Wildman–Crippen LogP) is 2.56. The third-order valence-electron chi connectivity index (χ3n) is 3.29. The number of nitrogens with zero attached hydrogens (tertiary/aromatic N) is 2. The van der Waals surface area contributed by atoms with Gasteiger partial charge in [-0.05, 0) is 18.9 Å². The number of anilines is 1. The van der Waals surface area contributed by atoms with Crippen LogP contribution in [0.2, 0.25) is 0 Å². The molecule has 0 spiro atoms. The van der Waals surface area contributed by atoms with Gasteiger partial charge in [-0.1, -0.05) is 13.8 Å². The summed E-state index contributed by atoms with van der Waals surface area (Å²) in [5.41, 5.74) is -0.358. The zero-order valence-corrected chi connectivity index (χ0v) is 12.1. The number of halogens is 1. The van der Waals surface area contributed by atoms with Gasteiger partial charge in [0.15, 0.2) is 11.6 Å². The highest BCUT2D eigenvalue weighted by Gasteiger charge is 2.23. The van der Waals surface area contributed by atoms with Gasteiger partial charge in [0.1, 0.15) is 5.56 Å². The van der Waals surface area contributed by atoms with Gasteiger partial charge < -0.3 is 14.7 Å². The second kappa shape index (κ2) is 7.79. The Morgan fingerprint density at radius 1 is 1.50 bits per heavy atom. The van der Waals surface area contributed by atoms with Crippen LogP contribution in [-0.2, 0) is 4.74 Å². The molecule has 5 nitrogen and oxygen atoms in total. The highest BCUT2D eigenvalue weighted by Crippen LogP contribution is 2.23. The molecule has 0 amide bonds. The zero-order valence-electron chi connectivity index (χ0n) is 12.1. The molecule has 6 heteroatoms. The van der Waals surface area contributed by atoms with Crippen LogP contribution >= 0.6 is 0 Å². The average Bonchev–Trinajstić information content (AvgIpc) is 2.44. The Hall–Kier alpha value is -1.69. The lowest BCUT2D eigenvalue weighted by Gasteiger charge is -2.31. The Balaban J connectivity index is 3.19. The standard InChI is InChI=1S/C14H21FN2O3/c1-4-10(5-2)17(8-9-20-3)13-12(15)11(14(18)19)6-7-16-13/h6-7,10H,4-5,8-9H2,1-3H3,(H,18,19). The summed E-state index contributed by atoms with van der Waals surface area (Å²) in [4.78, 5) is 16.8. The zero-order chi connectivity index (χ0) is 15.1. The number of ether oxygens (including phenoxy) is 1. The largest absolute Gasteiger partial charge is 0.478 e. The molecule has 0 aliphatic heterocycles. The van der Waals surface area contributed by atoms with Crippen molar-refractivity contribution in [2.24, 2.45) is 0 Å². The van der Waals surface area contributed by atoms with Crippen LogP contribution in [0.4, 0.5) is 10.2 Å². The Kier molecular flexibility index (Phi) is 6.38. The van der Waals surface area contributed by atoms with Crippen LogP contribution in [0.1, 0.15) is 37.0 Å². The summed E-state index contributed by atoms with van der Waals surface area (Å²) in [6.45, 7) is 4.91. The number of methoxy groups -OCH3 is 1. The lowest BCUT2D eigenvalue weighted by Crippen LogP contribution is -2.38. The Bertz CT molecular complexity index is 450. The van der Waals surface area contributed by atoms with E-state index in [1.807, 2.05) is 13.8 Å². The van der Waals surface area contributed by atoms with E-state index in [4.69, 9.17) is 9.84 Å². The molecule has 0 atom stereocenters. The number of aromatic carboxylic acids is 1. The summed E-state index contributed by atoms with van der Waals surface area (Å²) >= 11 is 0. The molecule has 0 saturated carbocycles. The fourth-order valence-electron chi connectivity index (χ4n) is 2.18. The summed E-state index contributed by atoms with van der Waals surface area (Å²) in [6.07, 6.45) is 2.96. The molecule has 1 rings (SSSR count). The molecular formula is C14H21FN2O3. The predicted molar refractivity (Wildman–Crippen MR) is 74.7 cm³/mol. The molecular weight excluding hydrogens is 263 g/mol. The average molecular weight is 284 g/mol. The minimum Gasteiger partial charge on any atom is -0.478 e. The monoisotopic (exact) mass is 284 g/mol. The Labute approximate surface area is 118 Å². The fraction of sp³-hybridized carbons (Fsp3) is 0.571. The number of hydrogen-bond donors (Lipinski definition) is 1. The van der Waals surface area contributed by atoms with Crippen molar-refractivity contribution in [3.63, 3.8) is 0 Å². The van der Waals surface area contributed by atoms with E-state index in [0.717, 1.165) is 12.8 Å². The minimum atomic E-state index is -1.29. The Morgan fingerprint density at radius 3 is 2.65 bits per heavy atom. The lowest BCUT2D eigenvalue weighted by atomic mass is 10.1. The first-order valence-electron chi connectivity index (χ1n) is 6.70.